The lowest BCUT2D eigenvalue weighted by Crippen LogP contribution is -2.53. The summed E-state index contributed by atoms with van der Waals surface area (Å²) < 4.78 is 12.0. The highest BCUT2D eigenvalue weighted by Crippen LogP contribution is 2.20. The molecule has 0 bridgehead atoms. The van der Waals surface area contributed by atoms with Crippen molar-refractivity contribution in [3.05, 3.63) is 93.9 Å². The summed E-state index contributed by atoms with van der Waals surface area (Å²) in [6, 6.07) is 17.3. The van der Waals surface area contributed by atoms with Crippen LogP contribution in [0.25, 0.3) is 6.08 Å². The summed E-state index contributed by atoms with van der Waals surface area (Å²) in [6.45, 7) is 0.351. The number of benzene rings is 2. The van der Waals surface area contributed by atoms with Crippen molar-refractivity contribution in [1.29, 1.82) is 0 Å². The SMILES string of the molecule is O=C1NC(=O)N(Cc2ccco2)C(=O)/C1=C/c1ccc(OCc2ccc(Br)cc2)cc1. The van der Waals surface area contributed by atoms with E-state index in [-0.39, 0.29) is 12.1 Å². The number of hydrogen-bond donors (Lipinski definition) is 1. The standard InChI is InChI=1S/C23H17BrN2O5/c24-17-7-3-16(4-8-17)14-31-18-9-5-15(6-10-18)12-20-21(27)25-23(29)26(22(20)28)13-19-2-1-11-30-19/h1-12H,13-14H2,(H,25,27,29)/b20-12+. The van der Waals surface area contributed by atoms with E-state index in [9.17, 15) is 14.4 Å². The minimum absolute atomic E-state index is 0.0644. The van der Waals surface area contributed by atoms with Gasteiger partial charge in [-0.1, -0.05) is 40.2 Å². The number of hydrogen-bond acceptors (Lipinski definition) is 5. The molecule has 0 aliphatic carbocycles. The van der Waals surface area contributed by atoms with Crippen molar-refractivity contribution in [3.8, 4) is 5.75 Å². The Morgan fingerprint density at radius 2 is 1.74 bits per heavy atom. The molecule has 3 aromatic rings. The largest absolute Gasteiger partial charge is 0.489 e. The van der Waals surface area contributed by atoms with Crippen LogP contribution in [0.2, 0.25) is 0 Å². The highest BCUT2D eigenvalue weighted by molar-refractivity contribution is 9.10. The maximum Gasteiger partial charge on any atom is 0.331 e. The number of carbonyl (C=O) groups is 3. The van der Waals surface area contributed by atoms with Crippen LogP contribution in [0, 0.1) is 0 Å². The topological polar surface area (TPSA) is 88.9 Å². The third-order valence-electron chi connectivity index (χ3n) is 4.59. The van der Waals surface area contributed by atoms with E-state index in [1.54, 1.807) is 36.4 Å². The summed E-state index contributed by atoms with van der Waals surface area (Å²) in [6.07, 6.45) is 2.89. The van der Waals surface area contributed by atoms with Gasteiger partial charge in [-0.25, -0.2) is 4.79 Å². The number of nitrogens with zero attached hydrogens (tertiary/aromatic N) is 1. The van der Waals surface area contributed by atoms with Gasteiger partial charge in [-0.2, -0.15) is 0 Å². The monoisotopic (exact) mass is 480 g/mol. The number of urea groups is 1. The Hall–Kier alpha value is -3.65. The Morgan fingerprint density at radius 1 is 1.00 bits per heavy atom. The fourth-order valence-corrected chi connectivity index (χ4v) is 3.23. The number of imide groups is 2. The van der Waals surface area contributed by atoms with Gasteiger partial charge in [0.05, 0.1) is 12.8 Å². The lowest BCUT2D eigenvalue weighted by Gasteiger charge is -2.25. The zero-order valence-electron chi connectivity index (χ0n) is 16.2. The first-order valence-electron chi connectivity index (χ1n) is 9.38. The molecule has 0 saturated carbocycles. The van der Waals surface area contributed by atoms with Gasteiger partial charge in [0.2, 0.25) is 0 Å². The Morgan fingerprint density at radius 3 is 2.42 bits per heavy atom. The Bertz CT molecular complexity index is 1140. The summed E-state index contributed by atoms with van der Waals surface area (Å²) >= 11 is 3.40. The van der Waals surface area contributed by atoms with Gasteiger partial charge < -0.3 is 9.15 Å². The number of carbonyl (C=O) groups excluding carboxylic acids is 3. The average Bonchev–Trinajstić information content (AvgIpc) is 3.28. The van der Waals surface area contributed by atoms with Crippen LogP contribution in [0.5, 0.6) is 5.75 Å². The maximum absolute atomic E-state index is 12.7. The smallest absolute Gasteiger partial charge is 0.331 e. The van der Waals surface area contributed by atoms with E-state index in [4.69, 9.17) is 9.15 Å². The molecule has 0 unspecified atom stereocenters. The third-order valence-corrected chi connectivity index (χ3v) is 5.12. The van der Waals surface area contributed by atoms with Crippen LogP contribution in [-0.2, 0) is 22.7 Å². The van der Waals surface area contributed by atoms with Crippen LogP contribution in [0.15, 0.2) is 81.4 Å². The van der Waals surface area contributed by atoms with Crippen molar-refractivity contribution in [2.45, 2.75) is 13.2 Å². The molecule has 7 nitrogen and oxygen atoms in total. The zero-order chi connectivity index (χ0) is 21.8. The Balaban J connectivity index is 1.46. The average molecular weight is 481 g/mol. The van der Waals surface area contributed by atoms with Gasteiger partial charge in [-0.3, -0.25) is 19.8 Å². The molecule has 4 amide bonds. The highest BCUT2D eigenvalue weighted by atomic mass is 79.9. The van der Waals surface area contributed by atoms with E-state index in [1.807, 2.05) is 24.3 Å². The number of rotatable bonds is 6. The second-order valence-electron chi connectivity index (χ2n) is 6.77. The van der Waals surface area contributed by atoms with E-state index in [2.05, 4.69) is 21.2 Å². The molecule has 0 spiro atoms. The first kappa shape index (κ1) is 20.6. The van der Waals surface area contributed by atoms with E-state index in [0.717, 1.165) is 14.9 Å². The van der Waals surface area contributed by atoms with Crippen LogP contribution in [0.4, 0.5) is 4.79 Å². The van der Waals surface area contributed by atoms with Gasteiger partial charge in [0.15, 0.2) is 0 Å². The molecule has 31 heavy (non-hydrogen) atoms. The highest BCUT2D eigenvalue weighted by Gasteiger charge is 2.36. The van der Waals surface area contributed by atoms with E-state index in [1.165, 1.54) is 12.3 Å². The lowest BCUT2D eigenvalue weighted by molar-refractivity contribution is -0.130. The first-order valence-corrected chi connectivity index (χ1v) is 10.2. The van der Waals surface area contributed by atoms with E-state index < -0.39 is 17.8 Å². The van der Waals surface area contributed by atoms with Crippen molar-refractivity contribution in [2.75, 3.05) is 0 Å². The van der Waals surface area contributed by atoms with Crippen molar-refractivity contribution in [3.63, 3.8) is 0 Å². The Kier molecular flexibility index (Phi) is 5.99. The predicted molar refractivity (Wildman–Crippen MR) is 116 cm³/mol. The molecule has 1 aliphatic heterocycles. The van der Waals surface area contributed by atoms with Crippen molar-refractivity contribution in [1.82, 2.24) is 10.2 Å². The van der Waals surface area contributed by atoms with Crippen LogP contribution < -0.4 is 10.1 Å². The summed E-state index contributed by atoms with van der Waals surface area (Å²) in [5, 5.41) is 2.19. The number of halogens is 1. The third kappa shape index (κ3) is 4.92. The second kappa shape index (κ2) is 9.01. The molecule has 1 fully saturated rings. The Labute approximate surface area is 186 Å². The number of barbiturate groups is 1. The molecule has 0 atom stereocenters. The maximum atomic E-state index is 12.7. The summed E-state index contributed by atoms with van der Waals surface area (Å²) in [4.78, 5) is 38.0. The van der Waals surface area contributed by atoms with Gasteiger partial charge in [0.25, 0.3) is 11.8 Å². The van der Waals surface area contributed by atoms with Crippen molar-refractivity contribution < 1.29 is 23.5 Å². The van der Waals surface area contributed by atoms with Gasteiger partial charge in [0.1, 0.15) is 23.7 Å². The normalized spacial score (nSPS) is 15.3. The molecule has 0 radical (unpaired) electrons. The quantitative estimate of drug-likeness (QED) is 0.420. The fourth-order valence-electron chi connectivity index (χ4n) is 2.97. The van der Waals surface area contributed by atoms with E-state index >= 15 is 0 Å². The molecule has 4 rings (SSSR count). The van der Waals surface area contributed by atoms with E-state index in [0.29, 0.717) is 23.7 Å². The number of ether oxygens (including phenoxy) is 1. The number of furan rings is 1. The summed E-state index contributed by atoms with van der Waals surface area (Å²) in [5.74, 6) is -0.328. The molecular formula is C23H17BrN2O5. The molecule has 1 saturated heterocycles. The zero-order valence-corrected chi connectivity index (χ0v) is 17.8. The molecule has 1 N–H and O–H groups in total. The van der Waals surface area contributed by atoms with Gasteiger partial charge in [0, 0.05) is 4.47 Å². The van der Waals surface area contributed by atoms with Crippen LogP contribution >= 0.6 is 15.9 Å². The van der Waals surface area contributed by atoms with Crippen molar-refractivity contribution in [2.24, 2.45) is 0 Å². The van der Waals surface area contributed by atoms with Gasteiger partial charge in [-0.15, -0.1) is 0 Å². The summed E-state index contributed by atoms with van der Waals surface area (Å²) in [5.41, 5.74) is 1.52. The van der Waals surface area contributed by atoms with Crippen LogP contribution in [0.3, 0.4) is 0 Å². The van der Waals surface area contributed by atoms with Crippen LogP contribution in [-0.4, -0.2) is 22.7 Å². The molecular weight excluding hydrogens is 464 g/mol. The number of nitrogens with one attached hydrogen (secondary N) is 1. The predicted octanol–water partition coefficient (Wildman–Crippen LogP) is 4.28. The van der Waals surface area contributed by atoms with Crippen molar-refractivity contribution >= 4 is 39.9 Å². The first-order chi connectivity index (χ1) is 15.0. The molecule has 156 valence electrons. The van der Waals surface area contributed by atoms with Gasteiger partial charge >= 0.3 is 6.03 Å². The minimum Gasteiger partial charge on any atom is -0.489 e. The van der Waals surface area contributed by atoms with Gasteiger partial charge in [-0.05, 0) is 53.6 Å². The molecule has 2 aromatic carbocycles. The minimum atomic E-state index is -0.778. The lowest BCUT2D eigenvalue weighted by atomic mass is 10.1. The number of amides is 4. The fraction of sp³-hybridized carbons (Fsp3) is 0.0870. The second-order valence-corrected chi connectivity index (χ2v) is 7.69. The molecule has 1 aromatic heterocycles. The molecule has 2 heterocycles. The molecule has 8 heteroatoms. The van der Waals surface area contributed by atoms with Crippen LogP contribution in [0.1, 0.15) is 16.9 Å². The molecule has 1 aliphatic rings. The summed E-state index contributed by atoms with van der Waals surface area (Å²) in [7, 11) is 0.